The van der Waals surface area contributed by atoms with Crippen molar-refractivity contribution in [3.8, 4) is 11.4 Å². The number of benzene rings is 3. The Bertz CT molecular complexity index is 1450. The van der Waals surface area contributed by atoms with Crippen molar-refractivity contribution in [3.05, 3.63) is 106 Å². The third-order valence-corrected chi connectivity index (χ3v) is 7.86. The van der Waals surface area contributed by atoms with Crippen LogP contribution >= 0.6 is 0 Å². The SMILES string of the molecule is Cn1nnc(-c2ccc(C[N+]3([O-])CCC(C(O)(c4ccc(C(F)(F)F)cc4)c4ccc(C(F)(F)F)cc4)CC3)cc2)n1. The van der Waals surface area contributed by atoms with Crippen LogP contribution < -0.4 is 0 Å². The second-order valence-corrected chi connectivity index (χ2v) is 10.7. The molecule has 3 aromatic carbocycles. The number of likely N-dealkylation sites (tertiary alicyclic amines) is 1. The van der Waals surface area contributed by atoms with Crippen LogP contribution in [0.1, 0.15) is 40.7 Å². The molecule has 0 aliphatic carbocycles. The molecule has 13 heteroatoms. The molecule has 222 valence electrons. The molecule has 1 aromatic heterocycles. The number of nitrogens with zero attached hydrogens (tertiary/aromatic N) is 5. The Morgan fingerprint density at radius 1 is 0.786 bits per heavy atom. The monoisotopic (exact) mass is 591 g/mol. The van der Waals surface area contributed by atoms with Crippen molar-refractivity contribution in [2.24, 2.45) is 13.0 Å². The Labute approximate surface area is 237 Å². The van der Waals surface area contributed by atoms with E-state index in [-0.39, 0.29) is 43.6 Å². The Hall–Kier alpha value is -3.81. The van der Waals surface area contributed by atoms with E-state index in [9.17, 15) is 36.7 Å². The number of rotatable bonds is 6. The van der Waals surface area contributed by atoms with Gasteiger partial charge in [0, 0.05) is 29.9 Å². The van der Waals surface area contributed by atoms with Crippen LogP contribution in [0.5, 0.6) is 0 Å². The number of alkyl halides is 6. The fourth-order valence-corrected chi connectivity index (χ4v) is 5.57. The third-order valence-electron chi connectivity index (χ3n) is 7.86. The van der Waals surface area contributed by atoms with Crippen molar-refractivity contribution >= 4 is 0 Å². The van der Waals surface area contributed by atoms with Gasteiger partial charge >= 0.3 is 12.4 Å². The molecule has 7 nitrogen and oxygen atoms in total. The molecule has 0 saturated carbocycles. The largest absolute Gasteiger partial charge is 0.633 e. The smallest absolute Gasteiger partial charge is 0.416 e. The number of aryl methyl sites for hydroxylation is 1. The molecule has 1 aliphatic heterocycles. The summed E-state index contributed by atoms with van der Waals surface area (Å²) in [7, 11) is 1.65. The third kappa shape index (κ3) is 6.03. The molecule has 1 N–H and O–H groups in total. The summed E-state index contributed by atoms with van der Waals surface area (Å²) in [5.41, 5.74) is -2.01. The molecule has 0 atom stereocenters. The van der Waals surface area contributed by atoms with Gasteiger partial charge in [0.15, 0.2) is 0 Å². The van der Waals surface area contributed by atoms with Crippen LogP contribution in [0, 0.1) is 11.1 Å². The van der Waals surface area contributed by atoms with Gasteiger partial charge in [0.2, 0.25) is 5.82 Å². The minimum absolute atomic E-state index is 0.0989. The fraction of sp³-hybridized carbons (Fsp3) is 0.345. The van der Waals surface area contributed by atoms with Crippen LogP contribution in [0.4, 0.5) is 26.3 Å². The fourth-order valence-electron chi connectivity index (χ4n) is 5.57. The number of aromatic nitrogens is 4. The lowest BCUT2D eigenvalue weighted by Crippen LogP contribution is -2.51. The van der Waals surface area contributed by atoms with Crippen molar-refractivity contribution in [1.29, 1.82) is 0 Å². The first-order valence-corrected chi connectivity index (χ1v) is 13.2. The van der Waals surface area contributed by atoms with E-state index in [2.05, 4.69) is 15.4 Å². The topological polar surface area (TPSA) is 86.9 Å². The van der Waals surface area contributed by atoms with Crippen LogP contribution in [0.15, 0.2) is 72.8 Å². The summed E-state index contributed by atoms with van der Waals surface area (Å²) in [5.74, 6) is -0.182. The average molecular weight is 592 g/mol. The summed E-state index contributed by atoms with van der Waals surface area (Å²) < 4.78 is 78.7. The van der Waals surface area contributed by atoms with Gasteiger partial charge in [-0.25, -0.2) is 0 Å². The highest BCUT2D eigenvalue weighted by atomic mass is 19.4. The molecular weight excluding hydrogens is 564 g/mol. The molecule has 0 radical (unpaired) electrons. The maximum atomic E-state index is 13.7. The molecule has 0 amide bonds. The molecular formula is C29H27F6N5O2. The van der Waals surface area contributed by atoms with Crippen molar-refractivity contribution in [2.45, 2.75) is 37.3 Å². The number of hydrogen-bond donors (Lipinski definition) is 1. The first kappa shape index (κ1) is 29.7. The second kappa shape index (κ2) is 10.8. The van der Waals surface area contributed by atoms with E-state index in [0.29, 0.717) is 5.82 Å². The highest BCUT2D eigenvalue weighted by Gasteiger charge is 2.45. The molecule has 0 spiro atoms. The van der Waals surface area contributed by atoms with Gasteiger partial charge in [-0.3, -0.25) is 0 Å². The number of hydrogen-bond acceptors (Lipinski definition) is 5. The van der Waals surface area contributed by atoms with Gasteiger partial charge in [0.05, 0.1) is 31.3 Å². The maximum absolute atomic E-state index is 13.7. The van der Waals surface area contributed by atoms with E-state index in [0.717, 1.165) is 59.7 Å². The first-order valence-electron chi connectivity index (χ1n) is 13.2. The highest BCUT2D eigenvalue weighted by molar-refractivity contribution is 5.54. The van der Waals surface area contributed by atoms with Gasteiger partial charge in [0.1, 0.15) is 12.1 Å². The van der Waals surface area contributed by atoms with Crippen LogP contribution in [-0.4, -0.2) is 43.0 Å². The number of hydroxylamine groups is 3. The number of halogens is 6. The van der Waals surface area contributed by atoms with Crippen LogP contribution in [0.3, 0.4) is 0 Å². The molecule has 0 unspecified atom stereocenters. The van der Waals surface area contributed by atoms with Gasteiger partial charge in [-0.05, 0) is 40.6 Å². The zero-order valence-corrected chi connectivity index (χ0v) is 22.4. The highest BCUT2D eigenvalue weighted by Crippen LogP contribution is 2.45. The summed E-state index contributed by atoms with van der Waals surface area (Å²) in [6.45, 7) is 0.351. The van der Waals surface area contributed by atoms with E-state index in [4.69, 9.17) is 0 Å². The van der Waals surface area contributed by atoms with E-state index in [1.165, 1.54) is 4.80 Å². The van der Waals surface area contributed by atoms with E-state index in [1.807, 2.05) is 0 Å². The lowest BCUT2D eigenvalue weighted by atomic mass is 9.71. The van der Waals surface area contributed by atoms with Crippen LogP contribution in [0.2, 0.25) is 0 Å². The Balaban J connectivity index is 1.38. The van der Waals surface area contributed by atoms with Gasteiger partial charge < -0.3 is 15.0 Å². The predicted molar refractivity (Wildman–Crippen MR) is 140 cm³/mol. The molecule has 4 aromatic rings. The van der Waals surface area contributed by atoms with Gasteiger partial charge in [0.25, 0.3) is 0 Å². The van der Waals surface area contributed by atoms with Crippen molar-refractivity contribution in [2.75, 3.05) is 13.1 Å². The molecule has 2 heterocycles. The maximum Gasteiger partial charge on any atom is 0.416 e. The van der Waals surface area contributed by atoms with Crippen LogP contribution in [-0.2, 0) is 31.5 Å². The van der Waals surface area contributed by atoms with Gasteiger partial charge in [-0.1, -0.05) is 48.5 Å². The van der Waals surface area contributed by atoms with Crippen molar-refractivity contribution < 1.29 is 36.1 Å². The minimum atomic E-state index is -4.60. The Morgan fingerprint density at radius 3 is 1.64 bits per heavy atom. The van der Waals surface area contributed by atoms with E-state index in [1.54, 1.807) is 31.3 Å². The summed E-state index contributed by atoms with van der Waals surface area (Å²) in [4.78, 5) is 1.34. The van der Waals surface area contributed by atoms with Gasteiger partial charge in [-0.2, -0.15) is 31.1 Å². The second-order valence-electron chi connectivity index (χ2n) is 10.7. The van der Waals surface area contributed by atoms with E-state index >= 15 is 0 Å². The quantitative estimate of drug-likeness (QED) is 0.167. The lowest BCUT2D eigenvalue weighted by Gasteiger charge is -2.50. The summed E-state index contributed by atoms with van der Waals surface area (Å²) in [6, 6.07) is 15.1. The van der Waals surface area contributed by atoms with Crippen molar-refractivity contribution in [3.63, 3.8) is 0 Å². The van der Waals surface area contributed by atoms with Crippen molar-refractivity contribution in [1.82, 2.24) is 20.2 Å². The zero-order chi connectivity index (χ0) is 30.3. The first-order chi connectivity index (χ1) is 19.7. The zero-order valence-electron chi connectivity index (χ0n) is 22.4. The van der Waals surface area contributed by atoms with Crippen LogP contribution in [0.25, 0.3) is 11.4 Å². The predicted octanol–water partition coefficient (Wildman–Crippen LogP) is 6.08. The molecule has 42 heavy (non-hydrogen) atoms. The lowest BCUT2D eigenvalue weighted by molar-refractivity contribution is -0.900. The molecule has 1 aliphatic rings. The normalized spacial score (nSPS) is 20.1. The Morgan fingerprint density at radius 2 is 1.24 bits per heavy atom. The summed E-state index contributed by atoms with van der Waals surface area (Å²) in [5, 5.41) is 37.7. The average Bonchev–Trinajstić information content (AvgIpc) is 3.38. The molecule has 1 fully saturated rings. The Kier molecular flexibility index (Phi) is 7.62. The number of aliphatic hydroxyl groups is 1. The number of piperidine rings is 1. The molecule has 5 rings (SSSR count). The standard InChI is InChI=1S/C29H27F6N5O2/c1-39-37-26(36-38-39)20-4-2-19(3-5-20)18-40(42)16-14-23(15-17-40)27(41,21-6-10-24(11-7-21)28(30,31)32)22-8-12-25(13-9-22)29(33,34)35/h2-13,23,41H,14-18H2,1H3. The van der Waals surface area contributed by atoms with Gasteiger partial charge in [-0.15, -0.1) is 10.2 Å². The van der Waals surface area contributed by atoms with E-state index < -0.39 is 39.6 Å². The molecule has 1 saturated heterocycles. The summed E-state index contributed by atoms with van der Waals surface area (Å²) in [6.07, 6.45) is -8.80. The summed E-state index contributed by atoms with van der Waals surface area (Å²) >= 11 is 0. The minimum Gasteiger partial charge on any atom is -0.633 e. The molecule has 0 bridgehead atoms. The number of quaternary nitrogens is 1. The number of tetrazole rings is 1.